The monoisotopic (exact) mass is 389 g/mol. The lowest BCUT2D eigenvalue weighted by atomic mass is 9.94. The highest BCUT2D eigenvalue weighted by atomic mass is 35.5. The molecule has 1 heterocycles. The van der Waals surface area contributed by atoms with Crippen LogP contribution in [0.3, 0.4) is 0 Å². The van der Waals surface area contributed by atoms with Gasteiger partial charge in [-0.05, 0) is 48.1 Å². The zero-order valence-corrected chi connectivity index (χ0v) is 16.0. The molecule has 2 atom stereocenters. The van der Waals surface area contributed by atoms with Crippen molar-refractivity contribution >= 4 is 35.2 Å². The summed E-state index contributed by atoms with van der Waals surface area (Å²) in [6.45, 7) is 0.503. The number of carbonyl (C=O) groups is 2. The lowest BCUT2D eigenvalue weighted by Crippen LogP contribution is -2.33. The first kappa shape index (κ1) is 18.8. The minimum absolute atomic E-state index is 0.113. The molecule has 0 unspecified atom stereocenters. The highest BCUT2D eigenvalue weighted by molar-refractivity contribution is 7.98. The molecule has 136 valence electrons. The molecule has 0 radical (unpaired) electrons. The van der Waals surface area contributed by atoms with Crippen molar-refractivity contribution in [3.63, 3.8) is 0 Å². The van der Waals surface area contributed by atoms with E-state index in [4.69, 9.17) is 16.3 Å². The number of hydrogen-bond acceptors (Lipinski definition) is 4. The standard InChI is InChI=1S/C20H20ClNO3S/c1-26-16-8-4-14(5-9-16)19-17(12-18(23)25-19)20(24)22-11-10-13-2-6-15(21)7-3-13/h2-9,17,19H,10-12H2,1H3,(H,22,24)/t17-,19+/m0/s1. The number of halogens is 1. The van der Waals surface area contributed by atoms with Crippen molar-refractivity contribution in [1.82, 2.24) is 5.32 Å². The fourth-order valence-corrected chi connectivity index (χ4v) is 3.53. The van der Waals surface area contributed by atoms with E-state index in [0.717, 1.165) is 16.0 Å². The summed E-state index contributed by atoms with van der Waals surface area (Å²) in [5.74, 6) is -0.974. The Balaban J connectivity index is 1.60. The Hall–Kier alpha value is -1.98. The Morgan fingerprint density at radius 3 is 2.54 bits per heavy atom. The number of benzene rings is 2. The van der Waals surface area contributed by atoms with Crippen LogP contribution in [0.4, 0.5) is 0 Å². The molecular weight excluding hydrogens is 370 g/mol. The number of esters is 1. The normalized spacial score (nSPS) is 19.2. The average Bonchev–Trinajstić information content (AvgIpc) is 3.05. The molecule has 0 aliphatic carbocycles. The van der Waals surface area contributed by atoms with Crippen molar-refractivity contribution in [3.05, 3.63) is 64.7 Å². The predicted molar refractivity (Wildman–Crippen MR) is 103 cm³/mol. The summed E-state index contributed by atoms with van der Waals surface area (Å²) in [6.07, 6.45) is 2.30. The number of hydrogen-bond donors (Lipinski definition) is 1. The number of thioether (sulfide) groups is 1. The van der Waals surface area contributed by atoms with Crippen molar-refractivity contribution in [2.75, 3.05) is 12.8 Å². The van der Waals surface area contributed by atoms with E-state index in [1.165, 1.54) is 0 Å². The molecule has 0 saturated carbocycles. The summed E-state index contributed by atoms with van der Waals surface area (Å²) in [5, 5.41) is 3.61. The van der Waals surface area contributed by atoms with Crippen LogP contribution in [0.15, 0.2) is 53.4 Å². The Bertz CT molecular complexity index is 777. The van der Waals surface area contributed by atoms with Crippen LogP contribution < -0.4 is 5.32 Å². The molecule has 1 saturated heterocycles. The maximum Gasteiger partial charge on any atom is 0.307 e. The van der Waals surface area contributed by atoms with E-state index in [1.54, 1.807) is 11.8 Å². The number of ether oxygens (including phenoxy) is 1. The minimum atomic E-state index is -0.520. The van der Waals surface area contributed by atoms with Gasteiger partial charge in [0.1, 0.15) is 6.10 Å². The second-order valence-electron chi connectivity index (χ2n) is 6.16. The quantitative estimate of drug-likeness (QED) is 0.598. The van der Waals surface area contributed by atoms with Gasteiger partial charge in [-0.1, -0.05) is 35.9 Å². The summed E-state index contributed by atoms with van der Waals surface area (Å²) in [5.41, 5.74) is 1.95. The first-order chi connectivity index (χ1) is 12.6. The average molecular weight is 390 g/mol. The van der Waals surface area contributed by atoms with Gasteiger partial charge in [0.2, 0.25) is 5.91 Å². The maximum atomic E-state index is 12.6. The smallest absolute Gasteiger partial charge is 0.307 e. The van der Waals surface area contributed by atoms with Gasteiger partial charge >= 0.3 is 5.97 Å². The molecule has 0 bridgehead atoms. The Labute approximate surface area is 162 Å². The zero-order valence-electron chi connectivity index (χ0n) is 14.4. The third-order valence-electron chi connectivity index (χ3n) is 4.42. The Morgan fingerprint density at radius 2 is 1.88 bits per heavy atom. The molecule has 1 aliphatic heterocycles. The fourth-order valence-electron chi connectivity index (χ4n) is 2.99. The number of rotatable bonds is 6. The first-order valence-electron chi connectivity index (χ1n) is 8.42. The van der Waals surface area contributed by atoms with Crippen LogP contribution in [0.5, 0.6) is 0 Å². The number of cyclic esters (lactones) is 1. The molecule has 1 amide bonds. The molecular formula is C20H20ClNO3S. The molecule has 4 nitrogen and oxygen atoms in total. The fraction of sp³-hybridized carbons (Fsp3) is 0.300. The minimum Gasteiger partial charge on any atom is -0.457 e. The van der Waals surface area contributed by atoms with Crippen LogP contribution in [-0.4, -0.2) is 24.7 Å². The molecule has 1 aliphatic rings. The van der Waals surface area contributed by atoms with E-state index in [1.807, 2.05) is 54.8 Å². The number of carbonyl (C=O) groups excluding carboxylic acids is 2. The molecule has 3 rings (SSSR count). The predicted octanol–water partition coefficient (Wildman–Crippen LogP) is 4.03. The van der Waals surface area contributed by atoms with Gasteiger partial charge < -0.3 is 10.1 Å². The lowest BCUT2D eigenvalue weighted by Gasteiger charge is -2.18. The molecule has 6 heteroatoms. The molecule has 2 aromatic carbocycles. The van der Waals surface area contributed by atoms with E-state index in [2.05, 4.69) is 5.32 Å². The third-order valence-corrected chi connectivity index (χ3v) is 5.41. The Kier molecular flexibility index (Phi) is 6.22. The molecule has 1 fully saturated rings. The highest BCUT2D eigenvalue weighted by Gasteiger charge is 2.40. The van der Waals surface area contributed by atoms with Gasteiger partial charge in [-0.15, -0.1) is 11.8 Å². The van der Waals surface area contributed by atoms with Crippen molar-refractivity contribution in [1.29, 1.82) is 0 Å². The molecule has 0 spiro atoms. The summed E-state index contributed by atoms with van der Waals surface area (Å²) in [6, 6.07) is 15.3. The lowest BCUT2D eigenvalue weighted by molar-refractivity contribution is -0.141. The van der Waals surface area contributed by atoms with Gasteiger partial charge in [-0.25, -0.2) is 0 Å². The third kappa shape index (κ3) is 4.59. The van der Waals surface area contributed by atoms with Gasteiger partial charge in [0, 0.05) is 16.5 Å². The van der Waals surface area contributed by atoms with Crippen LogP contribution in [0.25, 0.3) is 0 Å². The zero-order chi connectivity index (χ0) is 18.5. The van der Waals surface area contributed by atoms with Gasteiger partial charge in [0.25, 0.3) is 0 Å². The van der Waals surface area contributed by atoms with E-state index in [9.17, 15) is 9.59 Å². The van der Waals surface area contributed by atoms with Crippen LogP contribution in [-0.2, 0) is 20.7 Å². The van der Waals surface area contributed by atoms with Gasteiger partial charge in [0.05, 0.1) is 12.3 Å². The summed E-state index contributed by atoms with van der Waals surface area (Å²) >= 11 is 7.51. The molecule has 0 aromatic heterocycles. The largest absolute Gasteiger partial charge is 0.457 e. The van der Waals surface area contributed by atoms with Gasteiger partial charge in [-0.2, -0.15) is 0 Å². The second-order valence-corrected chi connectivity index (χ2v) is 7.48. The summed E-state index contributed by atoms with van der Waals surface area (Å²) < 4.78 is 5.41. The van der Waals surface area contributed by atoms with Crippen LogP contribution in [0, 0.1) is 5.92 Å². The Morgan fingerprint density at radius 1 is 1.19 bits per heavy atom. The summed E-state index contributed by atoms with van der Waals surface area (Å²) in [7, 11) is 0. The maximum absolute atomic E-state index is 12.6. The van der Waals surface area contributed by atoms with E-state index >= 15 is 0 Å². The van der Waals surface area contributed by atoms with Crippen molar-refractivity contribution in [3.8, 4) is 0 Å². The van der Waals surface area contributed by atoms with Gasteiger partial charge in [0.15, 0.2) is 0 Å². The number of amides is 1. The first-order valence-corrected chi connectivity index (χ1v) is 10.0. The second kappa shape index (κ2) is 8.60. The molecule has 1 N–H and O–H groups in total. The molecule has 2 aromatic rings. The van der Waals surface area contributed by atoms with Crippen LogP contribution in [0.2, 0.25) is 5.02 Å². The topological polar surface area (TPSA) is 55.4 Å². The van der Waals surface area contributed by atoms with E-state index < -0.39 is 12.0 Å². The SMILES string of the molecule is CSc1ccc([C@H]2OC(=O)C[C@@H]2C(=O)NCCc2ccc(Cl)cc2)cc1. The van der Waals surface area contributed by atoms with Crippen molar-refractivity contribution in [2.45, 2.75) is 23.8 Å². The van der Waals surface area contributed by atoms with Crippen molar-refractivity contribution in [2.24, 2.45) is 5.92 Å². The van der Waals surface area contributed by atoms with E-state index in [-0.39, 0.29) is 18.3 Å². The number of nitrogens with one attached hydrogen (secondary N) is 1. The highest BCUT2D eigenvalue weighted by Crippen LogP contribution is 2.36. The van der Waals surface area contributed by atoms with Crippen molar-refractivity contribution < 1.29 is 14.3 Å². The van der Waals surface area contributed by atoms with E-state index in [0.29, 0.717) is 18.0 Å². The molecule has 26 heavy (non-hydrogen) atoms. The van der Waals surface area contributed by atoms with Gasteiger partial charge in [-0.3, -0.25) is 9.59 Å². The van der Waals surface area contributed by atoms with Crippen LogP contribution >= 0.6 is 23.4 Å². The van der Waals surface area contributed by atoms with Crippen LogP contribution in [0.1, 0.15) is 23.7 Å². The summed E-state index contributed by atoms with van der Waals surface area (Å²) in [4.78, 5) is 25.5.